The molecule has 27 heavy (non-hydrogen) atoms. The summed E-state index contributed by atoms with van der Waals surface area (Å²) < 4.78 is 5.19. The average molecular weight is 378 g/mol. The van der Waals surface area contributed by atoms with E-state index in [2.05, 4.69) is 31.0 Å². The minimum atomic E-state index is -0.969. The Morgan fingerprint density at radius 1 is 1.37 bits per heavy atom. The fourth-order valence-electron chi connectivity index (χ4n) is 3.64. The Morgan fingerprint density at radius 3 is 2.63 bits per heavy atom. The second-order valence-corrected chi connectivity index (χ2v) is 7.38. The normalized spacial score (nSPS) is 23.3. The molecule has 0 aromatic rings. The van der Waals surface area contributed by atoms with Crippen LogP contribution in [0.2, 0.25) is 0 Å². The molecule has 1 saturated carbocycles. The Morgan fingerprint density at radius 2 is 2.07 bits per heavy atom. The zero-order valence-electron chi connectivity index (χ0n) is 17.2. The van der Waals surface area contributed by atoms with Gasteiger partial charge in [-0.1, -0.05) is 51.5 Å². The largest absolute Gasteiger partial charge is 0.497 e. The zero-order valence-corrected chi connectivity index (χ0v) is 17.2. The van der Waals surface area contributed by atoms with Crippen LogP contribution in [0.25, 0.3) is 0 Å². The third kappa shape index (κ3) is 7.24. The number of hydrogen-bond donors (Lipinski definition) is 2. The first-order valence-corrected chi connectivity index (χ1v) is 9.94. The van der Waals surface area contributed by atoms with Crippen molar-refractivity contribution < 1.29 is 19.4 Å². The predicted octanol–water partition coefficient (Wildman–Crippen LogP) is 4.46. The van der Waals surface area contributed by atoms with Crippen molar-refractivity contribution in [2.45, 2.75) is 65.3 Å². The minimum Gasteiger partial charge on any atom is -0.497 e. The highest BCUT2D eigenvalue weighted by atomic mass is 16.5. The highest BCUT2D eigenvalue weighted by Crippen LogP contribution is 2.41. The van der Waals surface area contributed by atoms with Crippen LogP contribution in [0.3, 0.4) is 0 Å². The summed E-state index contributed by atoms with van der Waals surface area (Å²) in [6.07, 6.45) is 11.0. The van der Waals surface area contributed by atoms with Crippen molar-refractivity contribution in [2.75, 3.05) is 7.11 Å². The lowest BCUT2D eigenvalue weighted by atomic mass is 9.87. The van der Waals surface area contributed by atoms with Gasteiger partial charge in [0.05, 0.1) is 7.11 Å². The summed E-state index contributed by atoms with van der Waals surface area (Å²) >= 11 is 0. The van der Waals surface area contributed by atoms with Gasteiger partial charge in [0.1, 0.15) is 11.8 Å². The average Bonchev–Trinajstić information content (AvgIpc) is 3.00. The molecule has 1 fully saturated rings. The predicted molar refractivity (Wildman–Crippen MR) is 108 cm³/mol. The van der Waals surface area contributed by atoms with Gasteiger partial charge in [-0.05, 0) is 49.5 Å². The van der Waals surface area contributed by atoms with Crippen LogP contribution in [0, 0.1) is 17.8 Å². The van der Waals surface area contributed by atoms with Gasteiger partial charge in [0.25, 0.3) is 0 Å². The van der Waals surface area contributed by atoms with Crippen LogP contribution in [0.1, 0.15) is 59.3 Å². The molecule has 0 aromatic heterocycles. The quantitative estimate of drug-likeness (QED) is 0.412. The number of methoxy groups -OCH3 is 1. The standard InChI is InChI=1S/C22H35NO4/c1-6-8-9-10-19-17(13-16(4)27-5)11-12-18(19)14-20(24)23-21(22(25)26)15(3)7-2/h8-9,13,15,18-19,21H,4,6-7,10-12,14H2,1-3,5H3,(H,23,24)(H,25,26)/b9-8-,17-13-. The number of amides is 1. The first-order chi connectivity index (χ1) is 12.8. The lowest BCUT2D eigenvalue weighted by Crippen LogP contribution is -2.45. The molecule has 0 aromatic carbocycles. The molecular formula is C22H35NO4. The summed E-state index contributed by atoms with van der Waals surface area (Å²) in [4.78, 5) is 24.0. The van der Waals surface area contributed by atoms with E-state index in [0.29, 0.717) is 18.6 Å². The van der Waals surface area contributed by atoms with Gasteiger partial charge in [0.15, 0.2) is 0 Å². The summed E-state index contributed by atoms with van der Waals surface area (Å²) in [6.45, 7) is 9.76. The maximum Gasteiger partial charge on any atom is 0.326 e. The third-order valence-corrected chi connectivity index (χ3v) is 5.49. The zero-order chi connectivity index (χ0) is 20.4. The van der Waals surface area contributed by atoms with Gasteiger partial charge >= 0.3 is 5.97 Å². The van der Waals surface area contributed by atoms with E-state index in [-0.39, 0.29) is 23.7 Å². The van der Waals surface area contributed by atoms with E-state index in [0.717, 1.165) is 25.7 Å². The molecule has 0 heterocycles. The molecule has 1 aliphatic rings. The van der Waals surface area contributed by atoms with E-state index in [1.165, 1.54) is 5.57 Å². The maximum atomic E-state index is 12.5. The molecule has 4 atom stereocenters. The topological polar surface area (TPSA) is 75.6 Å². The maximum absolute atomic E-state index is 12.5. The number of rotatable bonds is 11. The number of carbonyl (C=O) groups excluding carboxylic acids is 1. The van der Waals surface area contributed by atoms with E-state index in [1.807, 2.05) is 19.9 Å². The highest BCUT2D eigenvalue weighted by Gasteiger charge is 2.33. The summed E-state index contributed by atoms with van der Waals surface area (Å²) in [5, 5.41) is 12.1. The summed E-state index contributed by atoms with van der Waals surface area (Å²) in [7, 11) is 1.60. The number of carboxylic acids is 1. The van der Waals surface area contributed by atoms with E-state index in [4.69, 9.17) is 4.74 Å². The molecular weight excluding hydrogens is 342 g/mol. The number of ether oxygens (including phenoxy) is 1. The summed E-state index contributed by atoms with van der Waals surface area (Å²) in [5.41, 5.74) is 1.26. The van der Waals surface area contributed by atoms with Gasteiger partial charge in [-0.3, -0.25) is 4.79 Å². The van der Waals surface area contributed by atoms with Gasteiger partial charge in [-0.25, -0.2) is 4.79 Å². The smallest absolute Gasteiger partial charge is 0.326 e. The van der Waals surface area contributed by atoms with Gasteiger partial charge in [0.2, 0.25) is 5.91 Å². The van der Waals surface area contributed by atoms with Gasteiger partial charge in [-0.15, -0.1) is 0 Å². The number of nitrogens with one attached hydrogen (secondary N) is 1. The first-order valence-electron chi connectivity index (χ1n) is 9.94. The number of aliphatic carboxylic acids is 1. The number of carbonyl (C=O) groups is 2. The lowest BCUT2D eigenvalue weighted by molar-refractivity contribution is -0.143. The van der Waals surface area contributed by atoms with E-state index in [1.54, 1.807) is 7.11 Å². The first kappa shape index (κ1) is 23.0. The van der Waals surface area contributed by atoms with Crippen LogP contribution in [-0.4, -0.2) is 30.1 Å². The van der Waals surface area contributed by atoms with E-state index < -0.39 is 12.0 Å². The van der Waals surface area contributed by atoms with Crippen molar-refractivity contribution >= 4 is 11.9 Å². The van der Waals surface area contributed by atoms with Gasteiger partial charge in [0, 0.05) is 6.42 Å². The molecule has 1 rings (SSSR count). The Labute approximate surface area is 163 Å². The Hall–Kier alpha value is -2.04. The van der Waals surface area contributed by atoms with Crippen LogP contribution in [0.15, 0.2) is 36.1 Å². The van der Waals surface area contributed by atoms with Gasteiger partial charge in [-0.2, -0.15) is 0 Å². The molecule has 152 valence electrons. The van der Waals surface area contributed by atoms with Crippen LogP contribution >= 0.6 is 0 Å². The lowest BCUT2D eigenvalue weighted by Gasteiger charge is -2.23. The second-order valence-electron chi connectivity index (χ2n) is 7.38. The van der Waals surface area contributed by atoms with Crippen LogP contribution < -0.4 is 5.32 Å². The molecule has 1 amide bonds. The third-order valence-electron chi connectivity index (χ3n) is 5.49. The van der Waals surface area contributed by atoms with Crippen molar-refractivity contribution in [3.8, 4) is 0 Å². The molecule has 1 aliphatic carbocycles. The molecule has 0 saturated heterocycles. The van der Waals surface area contributed by atoms with E-state index in [9.17, 15) is 14.7 Å². The monoisotopic (exact) mass is 377 g/mol. The fourth-order valence-corrected chi connectivity index (χ4v) is 3.64. The van der Waals surface area contributed by atoms with Crippen molar-refractivity contribution in [2.24, 2.45) is 17.8 Å². The molecule has 2 N–H and O–H groups in total. The molecule has 0 bridgehead atoms. The molecule has 0 aliphatic heterocycles. The molecule has 5 heteroatoms. The van der Waals surface area contributed by atoms with Gasteiger partial charge < -0.3 is 15.2 Å². The Bertz CT molecular complexity index is 579. The summed E-state index contributed by atoms with van der Waals surface area (Å²) in [5.74, 6) is -0.153. The Balaban J connectivity index is 2.84. The minimum absolute atomic E-state index is 0.0983. The molecule has 0 spiro atoms. The molecule has 4 unspecified atom stereocenters. The van der Waals surface area contributed by atoms with Crippen molar-refractivity contribution in [3.05, 3.63) is 36.1 Å². The van der Waals surface area contributed by atoms with Crippen LogP contribution in [-0.2, 0) is 14.3 Å². The van der Waals surface area contributed by atoms with E-state index >= 15 is 0 Å². The highest BCUT2D eigenvalue weighted by molar-refractivity contribution is 5.83. The van der Waals surface area contributed by atoms with Crippen LogP contribution in [0.4, 0.5) is 0 Å². The van der Waals surface area contributed by atoms with Crippen LogP contribution in [0.5, 0.6) is 0 Å². The fraction of sp³-hybridized carbons (Fsp3) is 0.636. The molecule has 0 radical (unpaired) electrons. The molecule has 5 nitrogen and oxygen atoms in total. The Kier molecular flexibility index (Phi) is 9.90. The number of hydrogen-bond acceptors (Lipinski definition) is 3. The summed E-state index contributed by atoms with van der Waals surface area (Å²) in [6, 6.07) is -0.828. The van der Waals surface area contributed by atoms with Crippen molar-refractivity contribution in [3.63, 3.8) is 0 Å². The number of carboxylic acid groups (broad SMARTS) is 1. The van der Waals surface area contributed by atoms with Crippen molar-refractivity contribution in [1.82, 2.24) is 5.32 Å². The number of allylic oxidation sites excluding steroid dienone is 4. The SMILES string of the molecule is C=C(/C=C1/CCC(CC(=O)NC(C(=O)O)C(C)CC)C1C/C=C\CC)OC. The second kappa shape index (κ2) is 11.6. The van der Waals surface area contributed by atoms with Crippen molar-refractivity contribution in [1.29, 1.82) is 0 Å².